The van der Waals surface area contributed by atoms with E-state index in [0.29, 0.717) is 0 Å². The van der Waals surface area contributed by atoms with Gasteiger partial charge in [-0.05, 0) is 19.9 Å². The highest BCUT2D eigenvalue weighted by Gasteiger charge is 2.08. The van der Waals surface area contributed by atoms with Gasteiger partial charge < -0.3 is 0 Å². The summed E-state index contributed by atoms with van der Waals surface area (Å²) >= 11 is 0. The highest BCUT2D eigenvalue weighted by molar-refractivity contribution is 5.66. The number of aromatic nitrogens is 2. The van der Waals surface area contributed by atoms with Gasteiger partial charge in [0.05, 0.1) is 5.69 Å². The largest absolute Gasteiger partial charge is 0.233 e. The molecule has 0 saturated heterocycles. The maximum atomic E-state index is 4.60. The standard InChI is InChI=1S/C16H16N2/c1-4-9-15-14(5-2)12(3)17-16(18-15)13-10-7-6-8-11-13/h4-11H,2H2,1,3H3/b9-4-. The van der Waals surface area contributed by atoms with Gasteiger partial charge in [0, 0.05) is 16.8 Å². The van der Waals surface area contributed by atoms with Crippen LogP contribution in [0.5, 0.6) is 0 Å². The molecule has 0 aliphatic carbocycles. The van der Waals surface area contributed by atoms with Crippen LogP contribution >= 0.6 is 0 Å². The lowest BCUT2D eigenvalue weighted by Crippen LogP contribution is -1.99. The molecule has 0 fully saturated rings. The molecule has 2 nitrogen and oxygen atoms in total. The smallest absolute Gasteiger partial charge is 0.160 e. The van der Waals surface area contributed by atoms with Crippen molar-refractivity contribution in [3.63, 3.8) is 0 Å². The Bertz CT molecular complexity index is 584. The van der Waals surface area contributed by atoms with Gasteiger partial charge in [0.25, 0.3) is 0 Å². The van der Waals surface area contributed by atoms with Crippen molar-refractivity contribution in [1.29, 1.82) is 0 Å². The van der Waals surface area contributed by atoms with Crippen LogP contribution in [-0.4, -0.2) is 9.97 Å². The average molecular weight is 236 g/mol. The van der Waals surface area contributed by atoms with Gasteiger partial charge in [-0.2, -0.15) is 0 Å². The van der Waals surface area contributed by atoms with Crippen LogP contribution in [0.25, 0.3) is 23.5 Å². The minimum atomic E-state index is 0.756. The molecule has 0 spiro atoms. The minimum absolute atomic E-state index is 0.756. The lowest BCUT2D eigenvalue weighted by molar-refractivity contribution is 1.09. The molecule has 0 aliphatic rings. The Labute approximate surface area is 108 Å². The second kappa shape index (κ2) is 5.41. The first-order chi connectivity index (χ1) is 8.76. The van der Waals surface area contributed by atoms with Crippen LogP contribution < -0.4 is 0 Å². The van der Waals surface area contributed by atoms with E-state index in [0.717, 1.165) is 28.3 Å². The Kier molecular flexibility index (Phi) is 3.68. The summed E-state index contributed by atoms with van der Waals surface area (Å²) in [5, 5.41) is 0. The van der Waals surface area contributed by atoms with Crippen molar-refractivity contribution >= 4 is 12.2 Å². The fourth-order valence-electron chi connectivity index (χ4n) is 1.86. The quantitative estimate of drug-likeness (QED) is 0.800. The number of allylic oxidation sites excluding steroid dienone is 1. The van der Waals surface area contributed by atoms with Gasteiger partial charge in [-0.1, -0.05) is 49.1 Å². The van der Waals surface area contributed by atoms with E-state index in [1.54, 1.807) is 6.08 Å². The van der Waals surface area contributed by atoms with E-state index < -0.39 is 0 Å². The van der Waals surface area contributed by atoms with Crippen LogP contribution in [0.3, 0.4) is 0 Å². The Balaban J connectivity index is 2.61. The third-order valence-corrected chi connectivity index (χ3v) is 2.73. The number of nitrogens with zero attached hydrogens (tertiary/aromatic N) is 2. The van der Waals surface area contributed by atoms with E-state index in [1.807, 2.05) is 56.3 Å². The summed E-state index contributed by atoms with van der Waals surface area (Å²) in [6.45, 7) is 7.79. The third kappa shape index (κ3) is 2.38. The van der Waals surface area contributed by atoms with Gasteiger partial charge in [-0.15, -0.1) is 0 Å². The molecule has 0 unspecified atom stereocenters. The predicted molar refractivity (Wildman–Crippen MR) is 77.0 cm³/mol. The van der Waals surface area contributed by atoms with Crippen LogP contribution in [-0.2, 0) is 0 Å². The van der Waals surface area contributed by atoms with Crippen LogP contribution in [0.15, 0.2) is 43.0 Å². The summed E-state index contributed by atoms with van der Waals surface area (Å²) in [7, 11) is 0. The Morgan fingerprint density at radius 2 is 1.83 bits per heavy atom. The average Bonchev–Trinajstić information content (AvgIpc) is 2.40. The van der Waals surface area contributed by atoms with Gasteiger partial charge in [0.1, 0.15) is 0 Å². The maximum absolute atomic E-state index is 4.60. The highest BCUT2D eigenvalue weighted by Crippen LogP contribution is 2.20. The second-order valence-corrected chi connectivity index (χ2v) is 4.00. The third-order valence-electron chi connectivity index (χ3n) is 2.73. The summed E-state index contributed by atoms with van der Waals surface area (Å²) in [4.78, 5) is 9.14. The zero-order chi connectivity index (χ0) is 13.0. The Morgan fingerprint density at radius 3 is 2.44 bits per heavy atom. The molecule has 0 N–H and O–H groups in total. The van der Waals surface area contributed by atoms with E-state index in [9.17, 15) is 0 Å². The fourth-order valence-corrected chi connectivity index (χ4v) is 1.86. The summed E-state index contributed by atoms with van der Waals surface area (Å²) in [5.74, 6) is 0.756. The molecular formula is C16H16N2. The molecule has 90 valence electrons. The molecule has 0 saturated carbocycles. The number of aryl methyl sites for hydroxylation is 1. The fraction of sp³-hybridized carbons (Fsp3) is 0.125. The predicted octanol–water partition coefficient (Wildman–Crippen LogP) is 4.13. The topological polar surface area (TPSA) is 25.8 Å². The van der Waals surface area contributed by atoms with Crippen molar-refractivity contribution in [2.75, 3.05) is 0 Å². The lowest BCUT2D eigenvalue weighted by Gasteiger charge is -2.08. The van der Waals surface area contributed by atoms with Crippen molar-refractivity contribution in [2.24, 2.45) is 0 Å². The SMILES string of the molecule is C=Cc1c(C)nc(-c2ccccc2)nc1/C=C\C. The summed E-state index contributed by atoms with van der Waals surface area (Å²) < 4.78 is 0. The molecule has 2 aromatic rings. The number of hydrogen-bond donors (Lipinski definition) is 0. The molecule has 1 aromatic heterocycles. The van der Waals surface area contributed by atoms with Crippen LogP contribution in [0.4, 0.5) is 0 Å². The molecular weight excluding hydrogens is 220 g/mol. The van der Waals surface area contributed by atoms with E-state index in [2.05, 4.69) is 16.5 Å². The van der Waals surface area contributed by atoms with E-state index in [-0.39, 0.29) is 0 Å². The van der Waals surface area contributed by atoms with E-state index in [1.165, 1.54) is 0 Å². The van der Waals surface area contributed by atoms with Crippen molar-refractivity contribution in [1.82, 2.24) is 9.97 Å². The molecule has 2 rings (SSSR count). The van der Waals surface area contributed by atoms with Crippen molar-refractivity contribution in [3.05, 3.63) is 59.9 Å². The molecule has 2 heteroatoms. The molecule has 0 atom stereocenters. The zero-order valence-corrected chi connectivity index (χ0v) is 10.7. The van der Waals surface area contributed by atoms with Gasteiger partial charge in [0.15, 0.2) is 5.82 Å². The highest BCUT2D eigenvalue weighted by atomic mass is 14.9. The number of benzene rings is 1. The van der Waals surface area contributed by atoms with Crippen LogP contribution in [0.1, 0.15) is 23.9 Å². The van der Waals surface area contributed by atoms with Crippen LogP contribution in [0.2, 0.25) is 0 Å². The molecule has 1 heterocycles. The molecule has 0 radical (unpaired) electrons. The van der Waals surface area contributed by atoms with Crippen molar-refractivity contribution in [2.45, 2.75) is 13.8 Å². The summed E-state index contributed by atoms with van der Waals surface area (Å²) in [6, 6.07) is 10.0. The van der Waals surface area contributed by atoms with Crippen LogP contribution in [0, 0.1) is 6.92 Å². The molecule has 0 bridgehead atoms. The first-order valence-corrected chi connectivity index (χ1v) is 5.95. The van der Waals surface area contributed by atoms with Gasteiger partial charge in [-0.25, -0.2) is 9.97 Å². The van der Waals surface area contributed by atoms with Gasteiger partial charge >= 0.3 is 0 Å². The number of rotatable bonds is 3. The normalized spacial score (nSPS) is 10.8. The second-order valence-electron chi connectivity index (χ2n) is 4.00. The first-order valence-electron chi connectivity index (χ1n) is 5.95. The molecule has 1 aromatic carbocycles. The monoisotopic (exact) mass is 236 g/mol. The van der Waals surface area contributed by atoms with Crippen molar-refractivity contribution in [3.8, 4) is 11.4 Å². The lowest BCUT2D eigenvalue weighted by atomic mass is 10.1. The van der Waals surface area contributed by atoms with E-state index >= 15 is 0 Å². The van der Waals surface area contributed by atoms with Crippen molar-refractivity contribution < 1.29 is 0 Å². The van der Waals surface area contributed by atoms with E-state index in [4.69, 9.17) is 0 Å². The first kappa shape index (κ1) is 12.2. The molecule has 18 heavy (non-hydrogen) atoms. The summed E-state index contributed by atoms with van der Waals surface area (Å²) in [5.41, 5.74) is 3.89. The Morgan fingerprint density at radius 1 is 1.11 bits per heavy atom. The molecule has 0 amide bonds. The number of hydrogen-bond acceptors (Lipinski definition) is 2. The summed E-state index contributed by atoms with van der Waals surface area (Å²) in [6.07, 6.45) is 5.76. The Hall–Kier alpha value is -2.22. The zero-order valence-electron chi connectivity index (χ0n) is 10.7. The maximum Gasteiger partial charge on any atom is 0.160 e. The van der Waals surface area contributed by atoms with Gasteiger partial charge in [-0.3, -0.25) is 0 Å². The molecule has 0 aliphatic heterocycles. The minimum Gasteiger partial charge on any atom is -0.233 e. The van der Waals surface area contributed by atoms with Gasteiger partial charge in [0.2, 0.25) is 0 Å².